The molecule has 6 nitrogen and oxygen atoms in total. The molecule has 1 heterocycles. The maximum absolute atomic E-state index is 12.2. The minimum atomic E-state index is -0.342. The first-order valence-electron chi connectivity index (χ1n) is 8.00. The van der Waals surface area contributed by atoms with Crippen LogP contribution >= 0.6 is 0 Å². The van der Waals surface area contributed by atoms with Gasteiger partial charge in [0.15, 0.2) is 0 Å². The third-order valence-electron chi connectivity index (χ3n) is 4.31. The van der Waals surface area contributed by atoms with Crippen LogP contribution in [0, 0.1) is 13.8 Å². The normalized spacial score (nSPS) is 18.9. The summed E-state index contributed by atoms with van der Waals surface area (Å²) in [5.74, 6) is 0.00718. The number of hydrogen-bond acceptors (Lipinski definition) is 3. The van der Waals surface area contributed by atoms with Gasteiger partial charge in [0.25, 0.3) is 0 Å². The molecule has 1 saturated heterocycles. The minimum absolute atomic E-state index is 0.00718. The predicted molar refractivity (Wildman–Crippen MR) is 89.5 cm³/mol. The topological polar surface area (TPSA) is 81.7 Å². The third kappa shape index (κ3) is 4.22. The highest BCUT2D eigenvalue weighted by molar-refractivity contribution is 5.96. The zero-order valence-electron chi connectivity index (χ0n) is 13.9. The molecule has 0 aromatic heterocycles. The van der Waals surface area contributed by atoms with Gasteiger partial charge in [-0.3, -0.25) is 4.79 Å². The Balaban J connectivity index is 1.97. The van der Waals surface area contributed by atoms with Crippen molar-refractivity contribution >= 4 is 17.6 Å². The molecule has 3 amide bonds. The average molecular weight is 319 g/mol. The van der Waals surface area contributed by atoms with Gasteiger partial charge in [0.2, 0.25) is 5.91 Å². The molecule has 1 aliphatic rings. The molecule has 0 aliphatic carbocycles. The third-order valence-corrected chi connectivity index (χ3v) is 4.31. The van der Waals surface area contributed by atoms with Crippen LogP contribution in [0.3, 0.4) is 0 Å². The van der Waals surface area contributed by atoms with Gasteiger partial charge in [0, 0.05) is 18.7 Å². The van der Waals surface area contributed by atoms with E-state index in [1.54, 1.807) is 4.90 Å². The highest BCUT2D eigenvalue weighted by atomic mass is 16.3. The van der Waals surface area contributed by atoms with Gasteiger partial charge in [0.05, 0.1) is 18.7 Å². The van der Waals surface area contributed by atoms with Crippen LogP contribution in [-0.2, 0) is 4.79 Å². The molecule has 23 heavy (non-hydrogen) atoms. The van der Waals surface area contributed by atoms with Gasteiger partial charge in [-0.25, -0.2) is 4.79 Å². The first-order valence-corrected chi connectivity index (χ1v) is 8.00. The van der Waals surface area contributed by atoms with Crippen molar-refractivity contribution in [2.45, 2.75) is 45.7 Å². The summed E-state index contributed by atoms with van der Waals surface area (Å²) in [4.78, 5) is 25.8. The Morgan fingerprint density at radius 1 is 1.39 bits per heavy atom. The van der Waals surface area contributed by atoms with E-state index in [4.69, 9.17) is 5.11 Å². The number of aliphatic hydroxyl groups is 1. The molecule has 3 N–H and O–H groups in total. The molecule has 0 radical (unpaired) electrons. The summed E-state index contributed by atoms with van der Waals surface area (Å²) in [6.45, 7) is 6.31. The van der Waals surface area contributed by atoms with Crippen molar-refractivity contribution in [3.63, 3.8) is 0 Å². The largest absolute Gasteiger partial charge is 0.394 e. The Bertz CT molecular complexity index is 584. The number of nitrogens with zero attached hydrogens (tertiary/aromatic N) is 1. The predicted octanol–water partition coefficient (Wildman–Crippen LogP) is 1.48. The van der Waals surface area contributed by atoms with Crippen molar-refractivity contribution in [2.75, 3.05) is 18.1 Å². The zero-order chi connectivity index (χ0) is 17.0. The lowest BCUT2D eigenvalue weighted by Crippen LogP contribution is -2.48. The van der Waals surface area contributed by atoms with Crippen LogP contribution in [0.25, 0.3) is 0 Å². The zero-order valence-corrected chi connectivity index (χ0v) is 13.9. The van der Waals surface area contributed by atoms with Crippen LogP contribution in [-0.4, -0.2) is 42.3 Å². The van der Waals surface area contributed by atoms with Crippen LogP contribution in [0.5, 0.6) is 0 Å². The number of hydrogen-bond donors (Lipinski definition) is 3. The van der Waals surface area contributed by atoms with Gasteiger partial charge in [-0.1, -0.05) is 13.0 Å². The summed E-state index contributed by atoms with van der Waals surface area (Å²) >= 11 is 0. The van der Waals surface area contributed by atoms with E-state index in [1.165, 1.54) is 5.56 Å². The number of amides is 3. The van der Waals surface area contributed by atoms with Gasteiger partial charge in [-0.15, -0.1) is 0 Å². The molecule has 6 heteroatoms. The number of carbonyl (C=O) groups excluding carboxylic acids is 2. The van der Waals surface area contributed by atoms with E-state index < -0.39 is 0 Å². The average Bonchev–Trinajstić information content (AvgIpc) is 2.88. The fraction of sp³-hybridized carbons (Fsp3) is 0.529. The van der Waals surface area contributed by atoms with E-state index in [9.17, 15) is 9.59 Å². The van der Waals surface area contributed by atoms with Gasteiger partial charge in [0.1, 0.15) is 0 Å². The Kier molecular flexibility index (Phi) is 5.60. The second-order valence-electron chi connectivity index (χ2n) is 6.08. The molecule has 2 atom stereocenters. The molecular formula is C17H25N3O3. The standard InChI is InChI=1S/C17H25N3O3/c1-4-13(10-21)18-17(23)19-14-8-16(22)20(9-14)15-6-5-11(2)12(3)7-15/h5-7,13-14,21H,4,8-10H2,1-3H3,(H2,18,19,23)/t13-,14-/m0/s1. The minimum Gasteiger partial charge on any atom is -0.394 e. The summed E-state index contributed by atoms with van der Waals surface area (Å²) < 4.78 is 0. The number of urea groups is 1. The summed E-state index contributed by atoms with van der Waals surface area (Å²) in [6, 6.07) is 5.10. The van der Waals surface area contributed by atoms with Crippen LogP contribution in [0.1, 0.15) is 30.9 Å². The molecule has 1 fully saturated rings. The molecule has 0 bridgehead atoms. The number of aliphatic hydroxyl groups excluding tert-OH is 1. The monoisotopic (exact) mass is 319 g/mol. The van der Waals surface area contributed by atoms with Crippen molar-refractivity contribution in [3.8, 4) is 0 Å². The number of carbonyl (C=O) groups is 2. The maximum atomic E-state index is 12.2. The molecule has 0 unspecified atom stereocenters. The lowest BCUT2D eigenvalue weighted by atomic mass is 10.1. The van der Waals surface area contributed by atoms with Crippen molar-refractivity contribution in [3.05, 3.63) is 29.3 Å². The molecule has 0 spiro atoms. The first-order chi connectivity index (χ1) is 10.9. The van der Waals surface area contributed by atoms with Crippen LogP contribution in [0.15, 0.2) is 18.2 Å². The quantitative estimate of drug-likeness (QED) is 0.769. The number of rotatable bonds is 5. The summed E-state index contributed by atoms with van der Waals surface area (Å²) in [5.41, 5.74) is 3.19. The van der Waals surface area contributed by atoms with E-state index in [0.717, 1.165) is 11.3 Å². The van der Waals surface area contributed by atoms with E-state index >= 15 is 0 Å². The van der Waals surface area contributed by atoms with Crippen molar-refractivity contribution in [2.24, 2.45) is 0 Å². The highest BCUT2D eigenvalue weighted by Gasteiger charge is 2.31. The molecular weight excluding hydrogens is 294 g/mol. The fourth-order valence-electron chi connectivity index (χ4n) is 2.64. The number of anilines is 1. The first kappa shape index (κ1) is 17.3. The number of aryl methyl sites for hydroxylation is 2. The summed E-state index contributed by atoms with van der Waals surface area (Å²) in [7, 11) is 0. The van der Waals surface area contributed by atoms with Gasteiger partial charge in [-0.2, -0.15) is 0 Å². The fourth-order valence-corrected chi connectivity index (χ4v) is 2.64. The highest BCUT2D eigenvalue weighted by Crippen LogP contribution is 2.24. The molecule has 1 aromatic carbocycles. The van der Waals surface area contributed by atoms with Crippen molar-refractivity contribution in [1.82, 2.24) is 10.6 Å². The number of nitrogens with one attached hydrogen (secondary N) is 2. The maximum Gasteiger partial charge on any atom is 0.315 e. The lowest BCUT2D eigenvalue weighted by Gasteiger charge is -2.19. The summed E-state index contributed by atoms with van der Waals surface area (Å²) in [6.07, 6.45) is 0.943. The lowest BCUT2D eigenvalue weighted by molar-refractivity contribution is -0.117. The van der Waals surface area contributed by atoms with Gasteiger partial charge >= 0.3 is 6.03 Å². The molecule has 0 saturated carbocycles. The molecule has 2 rings (SSSR count). The number of benzene rings is 1. The smallest absolute Gasteiger partial charge is 0.315 e. The van der Waals surface area contributed by atoms with Gasteiger partial charge in [-0.05, 0) is 43.5 Å². The second kappa shape index (κ2) is 7.46. The second-order valence-corrected chi connectivity index (χ2v) is 6.08. The Hall–Kier alpha value is -2.08. The van der Waals surface area contributed by atoms with Crippen LogP contribution in [0.4, 0.5) is 10.5 Å². The van der Waals surface area contributed by atoms with E-state index in [-0.39, 0.29) is 37.0 Å². The Labute approximate surface area is 136 Å². The molecule has 126 valence electrons. The van der Waals surface area contributed by atoms with E-state index in [2.05, 4.69) is 10.6 Å². The molecule has 1 aromatic rings. The van der Waals surface area contributed by atoms with Crippen molar-refractivity contribution < 1.29 is 14.7 Å². The molecule has 1 aliphatic heterocycles. The van der Waals surface area contributed by atoms with Gasteiger partial charge < -0.3 is 20.6 Å². The van der Waals surface area contributed by atoms with Crippen LogP contribution in [0.2, 0.25) is 0 Å². The van der Waals surface area contributed by atoms with Crippen LogP contribution < -0.4 is 15.5 Å². The Morgan fingerprint density at radius 2 is 2.13 bits per heavy atom. The van der Waals surface area contributed by atoms with E-state index in [0.29, 0.717) is 13.0 Å². The Morgan fingerprint density at radius 3 is 2.74 bits per heavy atom. The van der Waals surface area contributed by atoms with Crippen molar-refractivity contribution in [1.29, 1.82) is 0 Å². The van der Waals surface area contributed by atoms with E-state index in [1.807, 2.05) is 39.0 Å². The summed E-state index contributed by atoms with van der Waals surface area (Å²) in [5, 5.41) is 14.6. The SMILES string of the molecule is CC[C@@H](CO)NC(=O)N[C@H]1CC(=O)N(c2ccc(C)c(C)c2)C1.